The fraction of sp³-hybridized carbons (Fsp3) is 0.208. The number of phenols is 1. The summed E-state index contributed by atoms with van der Waals surface area (Å²) >= 11 is 0. The second-order valence-electron chi connectivity index (χ2n) is 7.15. The fourth-order valence-corrected chi connectivity index (χ4v) is 3.80. The summed E-state index contributed by atoms with van der Waals surface area (Å²) in [6, 6.07) is 23.7. The normalized spacial score (nSPS) is 12.3. The van der Waals surface area contributed by atoms with Crippen molar-refractivity contribution in [3.8, 4) is 16.9 Å². The summed E-state index contributed by atoms with van der Waals surface area (Å²) in [5.74, 6) is 0.303. The molecule has 0 atom stereocenters. The predicted molar refractivity (Wildman–Crippen MR) is 110 cm³/mol. The quantitative estimate of drug-likeness (QED) is 0.698. The van der Waals surface area contributed by atoms with Gasteiger partial charge in [0.2, 0.25) is 0 Å². The lowest BCUT2D eigenvalue weighted by Crippen LogP contribution is -2.30. The largest absolute Gasteiger partial charge is 0.508 e. The van der Waals surface area contributed by atoms with E-state index < -0.39 is 0 Å². The molecule has 0 bridgehead atoms. The number of phenolic OH excluding ortho intramolecular Hbond substituents is 1. The smallest absolute Gasteiger partial charge is 0.409 e. The minimum absolute atomic E-state index is 0.0656. The lowest BCUT2D eigenvalue weighted by Gasteiger charge is -2.20. The van der Waals surface area contributed by atoms with Crippen LogP contribution in [0.25, 0.3) is 11.1 Å². The monoisotopic (exact) mass is 373 g/mol. The molecule has 0 unspecified atom stereocenters. The van der Waals surface area contributed by atoms with Gasteiger partial charge in [0.1, 0.15) is 12.4 Å². The summed E-state index contributed by atoms with van der Waals surface area (Å²) in [5, 5.41) is 9.55. The van der Waals surface area contributed by atoms with Gasteiger partial charge in [-0.2, -0.15) is 0 Å². The zero-order valence-corrected chi connectivity index (χ0v) is 15.8. The Morgan fingerprint density at radius 3 is 2.25 bits per heavy atom. The SMILES string of the molecule is CN(CCc1cccc(O)c1)C(=O)OCC1c2ccccc2-c2ccccc21. The third-order valence-electron chi connectivity index (χ3n) is 5.29. The molecule has 1 aliphatic carbocycles. The predicted octanol–water partition coefficient (Wildman–Crippen LogP) is 4.82. The Bertz CT molecular complexity index is 953. The fourth-order valence-electron chi connectivity index (χ4n) is 3.80. The number of benzene rings is 3. The van der Waals surface area contributed by atoms with Crippen molar-refractivity contribution >= 4 is 6.09 Å². The molecule has 142 valence electrons. The minimum Gasteiger partial charge on any atom is -0.508 e. The van der Waals surface area contributed by atoms with Gasteiger partial charge in [-0.15, -0.1) is 0 Å². The molecule has 3 aromatic rings. The van der Waals surface area contributed by atoms with E-state index in [0.717, 1.165) is 5.56 Å². The van der Waals surface area contributed by atoms with Gasteiger partial charge in [-0.3, -0.25) is 0 Å². The van der Waals surface area contributed by atoms with Crippen molar-refractivity contribution in [1.82, 2.24) is 4.90 Å². The van der Waals surface area contributed by atoms with Crippen LogP contribution in [0.3, 0.4) is 0 Å². The number of hydrogen-bond donors (Lipinski definition) is 1. The highest BCUT2D eigenvalue weighted by Crippen LogP contribution is 2.44. The summed E-state index contributed by atoms with van der Waals surface area (Å²) in [7, 11) is 1.74. The Kier molecular flexibility index (Phi) is 5.02. The van der Waals surface area contributed by atoms with Crippen LogP contribution in [0, 0.1) is 0 Å². The maximum atomic E-state index is 12.5. The van der Waals surface area contributed by atoms with Crippen LogP contribution in [0.2, 0.25) is 0 Å². The molecule has 0 saturated carbocycles. The molecule has 0 aromatic heterocycles. The van der Waals surface area contributed by atoms with Crippen LogP contribution in [-0.2, 0) is 11.2 Å². The Hall–Kier alpha value is -3.27. The van der Waals surface area contributed by atoms with E-state index >= 15 is 0 Å². The number of likely N-dealkylation sites (N-methyl/N-ethyl adjacent to an activating group) is 1. The van der Waals surface area contributed by atoms with Crippen LogP contribution in [0.5, 0.6) is 5.75 Å². The van der Waals surface area contributed by atoms with E-state index in [4.69, 9.17) is 4.74 Å². The average Bonchev–Trinajstić information content (AvgIpc) is 3.04. The molecule has 1 N–H and O–H groups in total. The van der Waals surface area contributed by atoms with Crippen molar-refractivity contribution < 1.29 is 14.6 Å². The van der Waals surface area contributed by atoms with E-state index in [9.17, 15) is 9.90 Å². The lowest BCUT2D eigenvalue weighted by atomic mass is 9.98. The van der Waals surface area contributed by atoms with Gasteiger partial charge in [-0.05, 0) is 46.4 Å². The first-order valence-electron chi connectivity index (χ1n) is 9.47. The van der Waals surface area contributed by atoms with Crippen molar-refractivity contribution in [1.29, 1.82) is 0 Å². The second-order valence-corrected chi connectivity index (χ2v) is 7.15. The maximum absolute atomic E-state index is 12.5. The van der Waals surface area contributed by atoms with Crippen molar-refractivity contribution in [3.05, 3.63) is 89.5 Å². The van der Waals surface area contributed by atoms with Crippen molar-refractivity contribution in [2.45, 2.75) is 12.3 Å². The van der Waals surface area contributed by atoms with E-state index in [1.165, 1.54) is 22.3 Å². The van der Waals surface area contributed by atoms with Gasteiger partial charge in [0.25, 0.3) is 0 Å². The van der Waals surface area contributed by atoms with Crippen molar-refractivity contribution in [2.75, 3.05) is 20.2 Å². The van der Waals surface area contributed by atoms with Crippen molar-refractivity contribution in [2.24, 2.45) is 0 Å². The summed E-state index contributed by atoms with van der Waals surface area (Å²) in [4.78, 5) is 14.0. The number of nitrogens with zero attached hydrogens (tertiary/aromatic N) is 1. The topological polar surface area (TPSA) is 49.8 Å². The zero-order chi connectivity index (χ0) is 19.5. The molecule has 0 fully saturated rings. The Balaban J connectivity index is 1.39. The summed E-state index contributed by atoms with van der Waals surface area (Å²) in [5.41, 5.74) is 5.84. The number of rotatable bonds is 5. The van der Waals surface area contributed by atoms with Crippen LogP contribution in [0.1, 0.15) is 22.6 Å². The summed E-state index contributed by atoms with van der Waals surface area (Å²) in [6.07, 6.45) is 0.330. The number of fused-ring (bicyclic) bond motifs is 3. The molecule has 0 radical (unpaired) electrons. The molecule has 4 nitrogen and oxygen atoms in total. The first kappa shape index (κ1) is 18.1. The summed E-state index contributed by atoms with van der Waals surface area (Å²) < 4.78 is 5.65. The molecule has 1 aliphatic rings. The first-order chi connectivity index (χ1) is 13.6. The third kappa shape index (κ3) is 3.58. The van der Waals surface area contributed by atoms with E-state index in [-0.39, 0.29) is 17.8 Å². The van der Waals surface area contributed by atoms with Gasteiger partial charge in [0.05, 0.1) is 0 Å². The molecule has 1 amide bonds. The molecule has 0 heterocycles. The van der Waals surface area contributed by atoms with Crippen LogP contribution in [0.4, 0.5) is 4.79 Å². The second kappa shape index (κ2) is 7.77. The Morgan fingerprint density at radius 1 is 0.964 bits per heavy atom. The number of hydrogen-bond acceptors (Lipinski definition) is 3. The molecule has 0 aliphatic heterocycles. The lowest BCUT2D eigenvalue weighted by molar-refractivity contribution is 0.109. The highest BCUT2D eigenvalue weighted by Gasteiger charge is 2.29. The van der Waals surface area contributed by atoms with E-state index in [1.807, 2.05) is 30.3 Å². The van der Waals surface area contributed by atoms with Gasteiger partial charge in [-0.1, -0.05) is 60.7 Å². The first-order valence-corrected chi connectivity index (χ1v) is 9.47. The van der Waals surface area contributed by atoms with E-state index in [1.54, 1.807) is 30.1 Å². The molecular weight excluding hydrogens is 350 g/mol. The number of amides is 1. The maximum Gasteiger partial charge on any atom is 0.409 e. The van der Waals surface area contributed by atoms with E-state index in [0.29, 0.717) is 19.6 Å². The van der Waals surface area contributed by atoms with Crippen LogP contribution in [-0.4, -0.2) is 36.3 Å². The highest BCUT2D eigenvalue weighted by atomic mass is 16.6. The standard InChI is InChI=1S/C24H23NO3/c1-25(14-13-17-7-6-8-18(26)15-17)24(27)28-16-23-21-11-4-2-9-19(21)20-10-3-5-12-22(20)23/h2-12,15,23,26H,13-14,16H2,1H3. The van der Waals surface area contributed by atoms with Crippen molar-refractivity contribution in [3.63, 3.8) is 0 Å². The third-order valence-corrected chi connectivity index (χ3v) is 5.29. The van der Waals surface area contributed by atoms with Gasteiger partial charge in [-0.25, -0.2) is 4.79 Å². The molecule has 4 heteroatoms. The average molecular weight is 373 g/mol. The number of carbonyl (C=O) groups excluding carboxylic acids is 1. The van der Waals surface area contributed by atoms with E-state index in [2.05, 4.69) is 24.3 Å². The molecule has 3 aromatic carbocycles. The number of aromatic hydroxyl groups is 1. The van der Waals surface area contributed by atoms with Gasteiger partial charge in [0, 0.05) is 19.5 Å². The van der Waals surface area contributed by atoms with Gasteiger partial charge >= 0.3 is 6.09 Å². The van der Waals surface area contributed by atoms with Crippen LogP contribution >= 0.6 is 0 Å². The molecule has 28 heavy (non-hydrogen) atoms. The Morgan fingerprint density at radius 2 is 1.61 bits per heavy atom. The molecular formula is C24H23NO3. The molecule has 4 rings (SSSR count). The highest BCUT2D eigenvalue weighted by molar-refractivity contribution is 5.79. The van der Waals surface area contributed by atoms with Gasteiger partial charge < -0.3 is 14.7 Å². The van der Waals surface area contributed by atoms with Crippen LogP contribution in [0.15, 0.2) is 72.8 Å². The number of carbonyl (C=O) groups is 1. The molecule has 0 spiro atoms. The van der Waals surface area contributed by atoms with Gasteiger partial charge in [0.15, 0.2) is 0 Å². The van der Waals surface area contributed by atoms with Crippen LogP contribution < -0.4 is 0 Å². The number of ether oxygens (including phenoxy) is 1. The Labute approximate surface area is 165 Å². The zero-order valence-electron chi connectivity index (χ0n) is 15.8. The summed E-state index contributed by atoms with van der Waals surface area (Å²) in [6.45, 7) is 0.851. The molecule has 0 saturated heterocycles. The minimum atomic E-state index is -0.331.